The highest BCUT2D eigenvalue weighted by molar-refractivity contribution is 6.00. The highest BCUT2D eigenvalue weighted by atomic mass is 19.4. The topological polar surface area (TPSA) is 79.8 Å². The lowest BCUT2D eigenvalue weighted by atomic mass is 10.1. The fourth-order valence-electron chi connectivity index (χ4n) is 4.12. The van der Waals surface area contributed by atoms with E-state index in [1.54, 1.807) is 48.5 Å². The fraction of sp³-hybridized carbons (Fsp3) is 0.222. The maximum atomic E-state index is 13.7. The molecule has 5 rings (SSSR count). The van der Waals surface area contributed by atoms with E-state index in [1.807, 2.05) is 11.0 Å². The van der Waals surface area contributed by atoms with Gasteiger partial charge in [0.25, 0.3) is 5.88 Å². The van der Waals surface area contributed by atoms with E-state index in [-0.39, 0.29) is 11.6 Å². The van der Waals surface area contributed by atoms with Crippen LogP contribution in [0.2, 0.25) is 0 Å². The summed E-state index contributed by atoms with van der Waals surface area (Å²) >= 11 is 0. The van der Waals surface area contributed by atoms with Crippen LogP contribution in [0.3, 0.4) is 0 Å². The van der Waals surface area contributed by atoms with Gasteiger partial charge in [-0.1, -0.05) is 30.3 Å². The summed E-state index contributed by atoms with van der Waals surface area (Å²) in [4.78, 5) is 29.7. The van der Waals surface area contributed by atoms with E-state index < -0.39 is 17.8 Å². The minimum Gasteiger partial charge on any atom is -0.379 e. The number of nitrogens with zero attached hydrogens (tertiary/aromatic N) is 4. The van der Waals surface area contributed by atoms with Crippen LogP contribution in [-0.2, 0) is 17.5 Å². The number of hydrogen-bond acceptors (Lipinski definition) is 6. The van der Waals surface area contributed by atoms with Gasteiger partial charge in [0.15, 0.2) is 0 Å². The summed E-state index contributed by atoms with van der Waals surface area (Å²) in [5.41, 5.74) is 0.522. The molecule has 0 unspecified atom stereocenters. The standard InChI is InChI=1S/C27H24F3N5O3/c28-27(29,30)20-14-19(17-34-10-12-37-13-11-34)15-21(16-20)33-26(36)35(22-6-2-1-3-7-22)38-25-23-8-4-5-9-24(23)31-18-32-25/h1-9,14-16,18H,10-13,17H2,(H,33,36). The number of fused-ring (bicyclic) bond motifs is 1. The normalized spacial score (nSPS) is 14.3. The summed E-state index contributed by atoms with van der Waals surface area (Å²) in [6.07, 6.45) is -3.28. The molecule has 0 atom stereocenters. The van der Waals surface area contributed by atoms with Gasteiger partial charge in [-0.15, -0.1) is 5.06 Å². The van der Waals surface area contributed by atoms with Crippen molar-refractivity contribution in [1.29, 1.82) is 0 Å². The van der Waals surface area contributed by atoms with Crippen LogP contribution in [0.15, 0.2) is 79.1 Å². The maximum absolute atomic E-state index is 13.7. The van der Waals surface area contributed by atoms with Crippen molar-refractivity contribution < 1.29 is 27.5 Å². The number of carbonyl (C=O) groups is 1. The Balaban J connectivity index is 1.45. The highest BCUT2D eigenvalue weighted by Gasteiger charge is 2.32. The summed E-state index contributed by atoms with van der Waals surface area (Å²) in [7, 11) is 0. The van der Waals surface area contributed by atoms with Gasteiger partial charge in [0.05, 0.1) is 35.4 Å². The van der Waals surface area contributed by atoms with E-state index in [1.165, 1.54) is 12.4 Å². The van der Waals surface area contributed by atoms with Gasteiger partial charge in [0.1, 0.15) is 6.33 Å². The third kappa shape index (κ3) is 6.01. The van der Waals surface area contributed by atoms with E-state index in [0.717, 1.165) is 17.2 Å². The highest BCUT2D eigenvalue weighted by Crippen LogP contribution is 2.33. The lowest BCUT2D eigenvalue weighted by Crippen LogP contribution is -2.38. The number of amides is 2. The number of urea groups is 1. The maximum Gasteiger partial charge on any atom is 0.416 e. The molecule has 38 heavy (non-hydrogen) atoms. The van der Waals surface area contributed by atoms with Crippen LogP contribution >= 0.6 is 0 Å². The van der Waals surface area contributed by atoms with Crippen molar-refractivity contribution in [2.24, 2.45) is 0 Å². The molecule has 0 bridgehead atoms. The Morgan fingerprint density at radius 3 is 2.50 bits per heavy atom. The quantitative estimate of drug-likeness (QED) is 0.336. The van der Waals surface area contributed by atoms with Crippen molar-refractivity contribution >= 4 is 28.3 Å². The Hall–Kier alpha value is -4.22. The van der Waals surface area contributed by atoms with E-state index >= 15 is 0 Å². The molecule has 0 spiro atoms. The molecular weight excluding hydrogens is 499 g/mol. The molecule has 2 heterocycles. The first-order chi connectivity index (χ1) is 18.4. The number of ether oxygens (including phenoxy) is 1. The lowest BCUT2D eigenvalue weighted by Gasteiger charge is -2.27. The second kappa shape index (κ2) is 11.0. The van der Waals surface area contributed by atoms with Crippen molar-refractivity contribution in [1.82, 2.24) is 14.9 Å². The zero-order valence-corrected chi connectivity index (χ0v) is 20.2. The molecule has 0 radical (unpaired) electrons. The number of rotatable bonds is 6. The largest absolute Gasteiger partial charge is 0.416 e. The number of morpholine rings is 1. The SMILES string of the molecule is O=C(Nc1cc(CN2CCOCC2)cc(C(F)(F)F)c1)N(Oc1ncnc2ccccc12)c1ccccc1. The van der Waals surface area contributed by atoms with Crippen LogP contribution in [0.25, 0.3) is 10.9 Å². The monoisotopic (exact) mass is 523 g/mol. The Morgan fingerprint density at radius 1 is 1.00 bits per heavy atom. The molecule has 3 aromatic carbocycles. The number of alkyl halides is 3. The van der Waals surface area contributed by atoms with Crippen molar-refractivity contribution in [3.63, 3.8) is 0 Å². The molecule has 1 aliphatic rings. The summed E-state index contributed by atoms with van der Waals surface area (Å²) in [6.45, 7) is 2.55. The Bertz CT molecular complexity index is 1410. The Morgan fingerprint density at radius 2 is 1.74 bits per heavy atom. The molecule has 196 valence electrons. The van der Waals surface area contributed by atoms with Crippen molar-refractivity contribution in [3.05, 3.63) is 90.3 Å². The number of hydrogen-bond donors (Lipinski definition) is 1. The van der Waals surface area contributed by atoms with Crippen molar-refractivity contribution in [3.8, 4) is 5.88 Å². The minimum atomic E-state index is -4.59. The van der Waals surface area contributed by atoms with Gasteiger partial charge in [-0.3, -0.25) is 4.90 Å². The molecule has 1 aromatic heterocycles. The summed E-state index contributed by atoms with van der Waals surface area (Å²) in [5.74, 6) is 0.117. The molecule has 2 amide bonds. The van der Waals surface area contributed by atoms with Gasteiger partial charge in [0.2, 0.25) is 0 Å². The van der Waals surface area contributed by atoms with Crippen LogP contribution in [0, 0.1) is 0 Å². The van der Waals surface area contributed by atoms with Crippen molar-refractivity contribution in [2.45, 2.75) is 12.7 Å². The molecule has 1 aliphatic heterocycles. The number of aromatic nitrogens is 2. The Labute approximate surface area is 216 Å². The zero-order valence-electron chi connectivity index (χ0n) is 20.2. The van der Waals surface area contributed by atoms with Gasteiger partial charge in [-0.25, -0.2) is 9.78 Å². The van der Waals surface area contributed by atoms with E-state index in [0.29, 0.717) is 55.0 Å². The number of para-hydroxylation sites is 2. The van der Waals surface area contributed by atoms with Gasteiger partial charge in [-0.05, 0) is 48.0 Å². The van der Waals surface area contributed by atoms with E-state index in [4.69, 9.17) is 9.57 Å². The van der Waals surface area contributed by atoms with Crippen LogP contribution in [0.5, 0.6) is 5.88 Å². The third-order valence-electron chi connectivity index (χ3n) is 5.94. The fourth-order valence-corrected chi connectivity index (χ4v) is 4.12. The molecule has 0 aliphatic carbocycles. The van der Waals surface area contributed by atoms with Crippen molar-refractivity contribution in [2.75, 3.05) is 36.7 Å². The minimum absolute atomic E-state index is 0.00911. The average Bonchev–Trinajstić information content (AvgIpc) is 2.92. The zero-order chi connectivity index (χ0) is 26.5. The molecular formula is C27H24F3N5O3. The van der Waals surface area contributed by atoms with Gasteiger partial charge < -0.3 is 14.9 Å². The number of benzene rings is 3. The van der Waals surface area contributed by atoms with E-state index in [9.17, 15) is 18.0 Å². The number of anilines is 2. The summed E-state index contributed by atoms with van der Waals surface area (Å²) in [6, 6.07) is 18.3. The second-order valence-electron chi connectivity index (χ2n) is 8.65. The van der Waals surface area contributed by atoms with Gasteiger partial charge in [0, 0.05) is 25.3 Å². The van der Waals surface area contributed by atoms with Crippen LogP contribution in [-0.4, -0.2) is 47.2 Å². The third-order valence-corrected chi connectivity index (χ3v) is 5.94. The molecule has 0 saturated carbocycles. The smallest absolute Gasteiger partial charge is 0.379 e. The average molecular weight is 524 g/mol. The van der Waals surface area contributed by atoms with Crippen LogP contribution in [0.1, 0.15) is 11.1 Å². The summed E-state index contributed by atoms with van der Waals surface area (Å²) < 4.78 is 46.5. The molecule has 1 fully saturated rings. The molecule has 11 heteroatoms. The molecule has 4 aromatic rings. The number of nitrogens with one attached hydrogen (secondary N) is 1. The van der Waals surface area contributed by atoms with Crippen LogP contribution in [0.4, 0.5) is 29.3 Å². The number of hydroxylamine groups is 1. The van der Waals surface area contributed by atoms with E-state index in [2.05, 4.69) is 15.3 Å². The summed E-state index contributed by atoms with van der Waals surface area (Å²) in [5, 5.41) is 4.09. The first-order valence-corrected chi connectivity index (χ1v) is 11.9. The second-order valence-corrected chi connectivity index (χ2v) is 8.65. The predicted octanol–water partition coefficient (Wildman–Crippen LogP) is 5.51. The predicted molar refractivity (Wildman–Crippen MR) is 136 cm³/mol. The number of halogens is 3. The Kier molecular flexibility index (Phi) is 7.38. The number of carbonyl (C=O) groups excluding carboxylic acids is 1. The first-order valence-electron chi connectivity index (χ1n) is 11.9. The van der Waals surface area contributed by atoms with Gasteiger partial charge >= 0.3 is 12.2 Å². The molecule has 1 saturated heterocycles. The molecule has 8 nitrogen and oxygen atoms in total. The first kappa shape index (κ1) is 25.4. The van der Waals surface area contributed by atoms with Crippen LogP contribution < -0.4 is 15.2 Å². The molecule has 1 N–H and O–H groups in total. The van der Waals surface area contributed by atoms with Gasteiger partial charge in [-0.2, -0.15) is 18.2 Å². The lowest BCUT2D eigenvalue weighted by molar-refractivity contribution is -0.137.